The molecule has 0 aliphatic heterocycles. The smallest absolute Gasteiger partial charge is 0.249 e. The van der Waals surface area contributed by atoms with E-state index in [4.69, 9.17) is 16.1 Å². The summed E-state index contributed by atoms with van der Waals surface area (Å²) in [5.41, 5.74) is 2.41. The molecule has 5 nitrogen and oxygen atoms in total. The lowest BCUT2D eigenvalue weighted by atomic mass is 10.1. The number of fused-ring (bicyclic) bond motifs is 1. The molecule has 0 saturated heterocycles. The van der Waals surface area contributed by atoms with Gasteiger partial charge >= 0.3 is 0 Å². The lowest BCUT2D eigenvalue weighted by Gasteiger charge is -2.15. The minimum Gasteiger partial charge on any atom is -0.361 e. The van der Waals surface area contributed by atoms with Gasteiger partial charge in [0.15, 0.2) is 0 Å². The lowest BCUT2D eigenvalue weighted by molar-refractivity contribution is 0.392. The van der Waals surface area contributed by atoms with Gasteiger partial charge in [0, 0.05) is 23.0 Å². The second-order valence-corrected chi connectivity index (χ2v) is 7.74. The molecule has 24 heavy (non-hydrogen) atoms. The van der Waals surface area contributed by atoms with E-state index in [1.54, 1.807) is 32.2 Å². The van der Waals surface area contributed by atoms with E-state index in [2.05, 4.69) is 11.7 Å². The van der Waals surface area contributed by atoms with Crippen molar-refractivity contribution in [1.29, 1.82) is 0 Å². The zero-order chi connectivity index (χ0) is 17.5. The van der Waals surface area contributed by atoms with Gasteiger partial charge in [0.05, 0.1) is 11.2 Å². The summed E-state index contributed by atoms with van der Waals surface area (Å²) in [5.74, 6) is 0.697. The fraction of sp³-hybridized carbons (Fsp3) is 0.235. The first-order valence-electron chi connectivity index (χ1n) is 7.36. The highest BCUT2D eigenvalue weighted by Gasteiger charge is 2.32. The van der Waals surface area contributed by atoms with E-state index in [1.807, 2.05) is 12.1 Å². The summed E-state index contributed by atoms with van der Waals surface area (Å²) in [7, 11) is -3.79. The second kappa shape index (κ2) is 6.11. The highest BCUT2D eigenvalue weighted by molar-refractivity contribution is 7.90. The molecular formula is C17H17ClN2O3S. The maximum atomic E-state index is 13.3. The van der Waals surface area contributed by atoms with Crippen molar-refractivity contribution in [2.45, 2.75) is 25.0 Å². The number of aromatic nitrogens is 2. The Morgan fingerprint density at radius 2 is 2.08 bits per heavy atom. The van der Waals surface area contributed by atoms with Gasteiger partial charge in [-0.1, -0.05) is 29.4 Å². The predicted octanol–water partition coefficient (Wildman–Crippen LogP) is 4.09. The third-order valence-corrected chi connectivity index (χ3v) is 6.30. The Morgan fingerprint density at radius 1 is 1.38 bits per heavy atom. The molecule has 0 radical (unpaired) electrons. The monoisotopic (exact) mass is 364 g/mol. The largest absolute Gasteiger partial charge is 0.361 e. The van der Waals surface area contributed by atoms with E-state index in [-0.39, 0.29) is 5.88 Å². The molecule has 1 atom stereocenters. The van der Waals surface area contributed by atoms with Crippen molar-refractivity contribution in [3.8, 4) is 0 Å². The number of hydrogen-bond donors (Lipinski definition) is 0. The molecule has 3 rings (SSSR count). The van der Waals surface area contributed by atoms with Crippen LogP contribution in [0.3, 0.4) is 0 Å². The van der Waals surface area contributed by atoms with Gasteiger partial charge in [-0.25, -0.2) is 12.4 Å². The number of alkyl halides is 1. The van der Waals surface area contributed by atoms with Crippen LogP contribution < -0.4 is 0 Å². The van der Waals surface area contributed by atoms with E-state index < -0.39 is 15.3 Å². The maximum absolute atomic E-state index is 13.3. The van der Waals surface area contributed by atoms with Crippen LogP contribution in [-0.2, 0) is 15.9 Å². The first kappa shape index (κ1) is 16.8. The van der Waals surface area contributed by atoms with Crippen LogP contribution in [0.15, 0.2) is 47.6 Å². The Kier molecular flexibility index (Phi) is 4.27. The molecule has 0 N–H and O–H groups in total. The van der Waals surface area contributed by atoms with Gasteiger partial charge in [0.2, 0.25) is 10.0 Å². The summed E-state index contributed by atoms with van der Waals surface area (Å²) in [4.78, 5) is 0. The summed E-state index contributed by atoms with van der Waals surface area (Å²) < 4.78 is 33.0. The van der Waals surface area contributed by atoms with Crippen molar-refractivity contribution in [1.82, 2.24) is 9.13 Å². The van der Waals surface area contributed by atoms with Gasteiger partial charge < -0.3 is 4.52 Å². The number of nitrogens with zero attached hydrogens (tertiary/aromatic N) is 2. The molecule has 7 heteroatoms. The van der Waals surface area contributed by atoms with E-state index >= 15 is 0 Å². The number of benzene rings is 1. The molecule has 126 valence electrons. The molecule has 0 amide bonds. The number of para-hydroxylation sites is 1. The van der Waals surface area contributed by atoms with Gasteiger partial charge in [-0.2, -0.15) is 0 Å². The van der Waals surface area contributed by atoms with Crippen LogP contribution in [0.1, 0.15) is 27.8 Å². The molecule has 0 aliphatic rings. The summed E-state index contributed by atoms with van der Waals surface area (Å²) in [6.07, 6.45) is 2.97. The van der Waals surface area contributed by atoms with Crippen LogP contribution in [0.2, 0.25) is 0 Å². The summed E-state index contributed by atoms with van der Waals surface area (Å²) in [6, 6.07) is 7.27. The van der Waals surface area contributed by atoms with Crippen molar-refractivity contribution in [2.24, 2.45) is 0 Å². The molecule has 0 saturated carbocycles. The third-order valence-electron chi connectivity index (χ3n) is 4.09. The summed E-state index contributed by atoms with van der Waals surface area (Å²) in [6.45, 7) is 7.12. The predicted molar refractivity (Wildman–Crippen MR) is 94.7 cm³/mol. The Hall–Kier alpha value is -2.05. The van der Waals surface area contributed by atoms with Crippen molar-refractivity contribution in [3.63, 3.8) is 0 Å². The average Bonchev–Trinajstić information content (AvgIpc) is 3.10. The highest BCUT2D eigenvalue weighted by Crippen LogP contribution is 2.34. The average molecular weight is 365 g/mol. The van der Waals surface area contributed by atoms with Crippen LogP contribution in [0.25, 0.3) is 10.9 Å². The quantitative estimate of drug-likeness (QED) is 0.505. The molecule has 3 aromatic rings. The van der Waals surface area contributed by atoms with Crippen molar-refractivity contribution >= 4 is 32.5 Å². The van der Waals surface area contributed by atoms with Gasteiger partial charge in [-0.3, -0.25) is 0 Å². The zero-order valence-electron chi connectivity index (χ0n) is 13.4. The molecule has 2 heterocycles. The Bertz CT molecular complexity index is 998. The van der Waals surface area contributed by atoms with Crippen LogP contribution in [0, 0.1) is 13.8 Å². The molecule has 0 aliphatic carbocycles. The Morgan fingerprint density at radius 3 is 2.67 bits per heavy atom. The van der Waals surface area contributed by atoms with E-state index in [9.17, 15) is 8.42 Å². The van der Waals surface area contributed by atoms with Gasteiger partial charge in [-0.15, -0.1) is 18.2 Å². The van der Waals surface area contributed by atoms with Crippen LogP contribution in [-0.4, -0.2) is 17.5 Å². The Balaban J connectivity index is 2.26. The van der Waals surface area contributed by atoms with Crippen LogP contribution in [0.5, 0.6) is 0 Å². The van der Waals surface area contributed by atoms with Gasteiger partial charge in [0.1, 0.15) is 11.0 Å². The number of rotatable bonds is 5. The molecule has 0 fully saturated rings. The number of halogens is 1. The minimum absolute atomic E-state index is 0.229. The molecular weight excluding hydrogens is 348 g/mol. The van der Waals surface area contributed by atoms with E-state index in [0.717, 1.165) is 10.9 Å². The molecule has 1 aromatic carbocycles. The van der Waals surface area contributed by atoms with Crippen molar-refractivity contribution in [2.75, 3.05) is 0 Å². The number of hydrogen-bond acceptors (Lipinski definition) is 4. The van der Waals surface area contributed by atoms with E-state index in [0.29, 0.717) is 22.5 Å². The molecule has 1 unspecified atom stereocenters. The molecule has 0 bridgehead atoms. The fourth-order valence-corrected chi connectivity index (χ4v) is 4.98. The minimum atomic E-state index is -3.79. The van der Waals surface area contributed by atoms with E-state index in [1.165, 1.54) is 10.0 Å². The molecule has 2 aromatic heterocycles. The van der Waals surface area contributed by atoms with Gasteiger partial charge in [0.25, 0.3) is 0 Å². The van der Waals surface area contributed by atoms with Crippen molar-refractivity contribution in [3.05, 3.63) is 65.7 Å². The normalized spacial score (nSPS) is 13.3. The first-order valence-corrected chi connectivity index (χ1v) is 9.40. The number of aryl methyl sites for hydroxylation is 2. The summed E-state index contributed by atoms with van der Waals surface area (Å²) >= 11 is 5.98. The lowest BCUT2D eigenvalue weighted by Crippen LogP contribution is -2.20. The van der Waals surface area contributed by atoms with Gasteiger partial charge in [-0.05, 0) is 25.5 Å². The zero-order valence-corrected chi connectivity index (χ0v) is 14.9. The fourth-order valence-electron chi connectivity index (χ4n) is 2.94. The second-order valence-electron chi connectivity index (χ2n) is 5.54. The Labute approximate surface area is 145 Å². The van der Waals surface area contributed by atoms with Crippen LogP contribution in [0.4, 0.5) is 0 Å². The standard InChI is InChI=1S/C17H17ClN2O3S/c1-4-16(17-11(2)19-23-12(17)3)24(21,22)20-10-13(9-18)14-7-5-6-8-15(14)20/h4-8,10,16H,1,9H2,2-3H3. The van der Waals surface area contributed by atoms with Crippen molar-refractivity contribution < 1.29 is 12.9 Å². The highest BCUT2D eigenvalue weighted by atomic mass is 35.5. The molecule has 0 spiro atoms. The summed E-state index contributed by atoms with van der Waals surface area (Å²) in [5, 5.41) is 3.72. The third kappa shape index (κ3) is 2.46. The maximum Gasteiger partial charge on any atom is 0.249 e. The topological polar surface area (TPSA) is 65.1 Å². The first-order chi connectivity index (χ1) is 11.4. The SMILES string of the molecule is C=CC(c1c(C)noc1C)S(=O)(=O)n1cc(CCl)c2ccccc21. The van der Waals surface area contributed by atoms with Crippen LogP contribution >= 0.6 is 11.6 Å².